The molecule has 68 valence electrons. The highest BCUT2D eigenvalue weighted by molar-refractivity contribution is 4.71. The van der Waals surface area contributed by atoms with Crippen molar-refractivity contribution < 1.29 is 8.78 Å². The molecule has 1 atom stereocenters. The van der Waals surface area contributed by atoms with Gasteiger partial charge in [0.2, 0.25) is 5.92 Å². The summed E-state index contributed by atoms with van der Waals surface area (Å²) in [6, 6.07) is 0. The fourth-order valence-electron chi connectivity index (χ4n) is 1.07. The van der Waals surface area contributed by atoms with Crippen molar-refractivity contribution in [3.05, 3.63) is 0 Å². The van der Waals surface area contributed by atoms with Crippen LogP contribution in [0.15, 0.2) is 0 Å². The van der Waals surface area contributed by atoms with Gasteiger partial charge in [0, 0.05) is 12.3 Å². The second-order valence-corrected chi connectivity index (χ2v) is 3.16. The maximum atomic E-state index is 12.9. The Hall–Kier alpha value is -0.140. The molecule has 0 aromatic carbocycles. The second kappa shape index (κ2) is 4.68. The molecule has 0 N–H and O–H groups in total. The van der Waals surface area contributed by atoms with E-state index in [-0.39, 0.29) is 6.42 Å². The van der Waals surface area contributed by atoms with Gasteiger partial charge in [0.15, 0.2) is 0 Å². The molecule has 0 saturated heterocycles. The van der Waals surface area contributed by atoms with Gasteiger partial charge in [0.1, 0.15) is 0 Å². The molecule has 0 aliphatic rings. The maximum Gasteiger partial charge on any atom is 0.250 e. The minimum atomic E-state index is -2.45. The summed E-state index contributed by atoms with van der Waals surface area (Å²) in [5.41, 5.74) is 0. The lowest BCUT2D eigenvalue weighted by Crippen LogP contribution is -2.24. The minimum absolute atomic E-state index is 0.0299. The first-order valence-corrected chi connectivity index (χ1v) is 4.42. The molecule has 0 spiro atoms. The summed E-state index contributed by atoms with van der Waals surface area (Å²) in [5, 5.41) is 0. The van der Waals surface area contributed by atoms with E-state index in [4.69, 9.17) is 0 Å². The normalized spacial score (nSPS) is 15.0. The molecule has 0 aliphatic carbocycles. The lowest BCUT2D eigenvalue weighted by Gasteiger charge is -2.21. The predicted octanol–water partition coefficient (Wildman–Crippen LogP) is 3.86. The molecular formula is C9H18F2. The molecule has 0 nitrogen and oxygen atoms in total. The van der Waals surface area contributed by atoms with Crippen molar-refractivity contribution in [1.29, 1.82) is 0 Å². The van der Waals surface area contributed by atoms with Gasteiger partial charge in [-0.1, -0.05) is 33.6 Å². The molecule has 0 heterocycles. The average molecular weight is 164 g/mol. The Labute approximate surface area is 68.0 Å². The molecule has 2 heteroatoms. The Kier molecular flexibility index (Phi) is 4.62. The van der Waals surface area contributed by atoms with E-state index in [0.717, 1.165) is 12.8 Å². The molecule has 0 amide bonds. The van der Waals surface area contributed by atoms with Crippen LogP contribution in [0, 0.1) is 5.92 Å². The SMILES string of the molecule is CCCCC(C)C(F)(F)CC. The lowest BCUT2D eigenvalue weighted by molar-refractivity contribution is -0.0578. The fourth-order valence-corrected chi connectivity index (χ4v) is 1.07. The Balaban J connectivity index is 3.71. The topological polar surface area (TPSA) is 0 Å². The quantitative estimate of drug-likeness (QED) is 0.578. The van der Waals surface area contributed by atoms with Crippen LogP contribution in [-0.4, -0.2) is 5.92 Å². The van der Waals surface area contributed by atoms with Gasteiger partial charge in [0.05, 0.1) is 0 Å². The molecular weight excluding hydrogens is 146 g/mol. The smallest absolute Gasteiger partial charge is 0.207 e. The lowest BCUT2D eigenvalue weighted by atomic mass is 9.95. The largest absolute Gasteiger partial charge is 0.250 e. The van der Waals surface area contributed by atoms with Gasteiger partial charge in [-0.3, -0.25) is 0 Å². The monoisotopic (exact) mass is 164 g/mol. The van der Waals surface area contributed by atoms with Crippen LogP contribution in [0.5, 0.6) is 0 Å². The first-order chi connectivity index (χ1) is 5.04. The zero-order valence-electron chi connectivity index (χ0n) is 7.66. The van der Waals surface area contributed by atoms with Crippen molar-refractivity contribution in [2.45, 2.75) is 52.4 Å². The number of unbranched alkanes of at least 4 members (excludes halogenated alkanes) is 1. The van der Waals surface area contributed by atoms with Crippen LogP contribution >= 0.6 is 0 Å². The first-order valence-electron chi connectivity index (χ1n) is 4.42. The average Bonchev–Trinajstić information content (AvgIpc) is 2.00. The van der Waals surface area contributed by atoms with Crippen molar-refractivity contribution in [2.24, 2.45) is 5.92 Å². The van der Waals surface area contributed by atoms with E-state index in [1.54, 1.807) is 13.8 Å². The molecule has 11 heavy (non-hydrogen) atoms. The molecule has 1 unspecified atom stereocenters. The molecule has 0 fully saturated rings. The van der Waals surface area contributed by atoms with Crippen molar-refractivity contribution in [1.82, 2.24) is 0 Å². The third-order valence-electron chi connectivity index (χ3n) is 2.18. The summed E-state index contributed by atoms with van der Waals surface area (Å²) in [6.07, 6.45) is 2.54. The van der Waals surface area contributed by atoms with E-state index >= 15 is 0 Å². The Morgan fingerprint density at radius 1 is 1.27 bits per heavy atom. The van der Waals surface area contributed by atoms with E-state index in [9.17, 15) is 8.78 Å². The highest BCUT2D eigenvalue weighted by Gasteiger charge is 2.32. The highest BCUT2D eigenvalue weighted by Crippen LogP contribution is 2.31. The molecule has 0 radical (unpaired) electrons. The third-order valence-corrected chi connectivity index (χ3v) is 2.18. The van der Waals surface area contributed by atoms with E-state index in [0.29, 0.717) is 6.42 Å². The summed E-state index contributed by atoms with van der Waals surface area (Å²) < 4.78 is 25.7. The molecule has 0 aromatic rings. The van der Waals surface area contributed by atoms with Crippen molar-refractivity contribution in [3.8, 4) is 0 Å². The van der Waals surface area contributed by atoms with Gasteiger partial charge >= 0.3 is 0 Å². The Bertz CT molecular complexity index is 99.7. The van der Waals surface area contributed by atoms with Crippen LogP contribution in [0.1, 0.15) is 46.5 Å². The van der Waals surface area contributed by atoms with Gasteiger partial charge in [-0.05, 0) is 6.42 Å². The second-order valence-electron chi connectivity index (χ2n) is 3.16. The van der Waals surface area contributed by atoms with Gasteiger partial charge in [-0.2, -0.15) is 0 Å². The number of rotatable bonds is 5. The predicted molar refractivity (Wildman–Crippen MR) is 43.9 cm³/mol. The van der Waals surface area contributed by atoms with Crippen LogP contribution in [0.4, 0.5) is 8.78 Å². The zero-order valence-corrected chi connectivity index (χ0v) is 7.66. The van der Waals surface area contributed by atoms with Crippen LogP contribution in [0.25, 0.3) is 0 Å². The van der Waals surface area contributed by atoms with Crippen LogP contribution in [0.2, 0.25) is 0 Å². The summed E-state index contributed by atoms with van der Waals surface area (Å²) in [5.74, 6) is -2.90. The molecule has 0 aliphatic heterocycles. The van der Waals surface area contributed by atoms with Gasteiger partial charge in [-0.15, -0.1) is 0 Å². The van der Waals surface area contributed by atoms with Gasteiger partial charge in [-0.25, -0.2) is 8.78 Å². The van der Waals surface area contributed by atoms with Gasteiger partial charge in [0.25, 0.3) is 0 Å². The summed E-state index contributed by atoms with van der Waals surface area (Å²) in [6.45, 7) is 5.21. The molecule has 0 aromatic heterocycles. The van der Waals surface area contributed by atoms with Crippen LogP contribution in [0.3, 0.4) is 0 Å². The summed E-state index contributed by atoms with van der Waals surface area (Å²) >= 11 is 0. The van der Waals surface area contributed by atoms with Crippen LogP contribution in [-0.2, 0) is 0 Å². The minimum Gasteiger partial charge on any atom is -0.207 e. The molecule has 0 bridgehead atoms. The third kappa shape index (κ3) is 3.68. The highest BCUT2D eigenvalue weighted by atomic mass is 19.3. The van der Waals surface area contributed by atoms with E-state index in [1.165, 1.54) is 0 Å². The number of hydrogen-bond acceptors (Lipinski definition) is 0. The Morgan fingerprint density at radius 3 is 2.18 bits per heavy atom. The number of alkyl halides is 2. The molecule has 0 saturated carbocycles. The maximum absolute atomic E-state index is 12.9. The first kappa shape index (κ1) is 10.9. The summed E-state index contributed by atoms with van der Waals surface area (Å²) in [4.78, 5) is 0. The number of halogens is 2. The summed E-state index contributed by atoms with van der Waals surface area (Å²) in [7, 11) is 0. The standard InChI is InChI=1S/C9H18F2/c1-4-6-7-8(3)9(10,11)5-2/h8H,4-7H2,1-3H3. The van der Waals surface area contributed by atoms with Gasteiger partial charge < -0.3 is 0 Å². The van der Waals surface area contributed by atoms with Crippen molar-refractivity contribution in [3.63, 3.8) is 0 Å². The van der Waals surface area contributed by atoms with Crippen molar-refractivity contribution >= 4 is 0 Å². The van der Waals surface area contributed by atoms with Crippen LogP contribution < -0.4 is 0 Å². The van der Waals surface area contributed by atoms with E-state index in [1.807, 2.05) is 6.92 Å². The fraction of sp³-hybridized carbons (Fsp3) is 1.00. The number of hydrogen-bond donors (Lipinski definition) is 0. The Morgan fingerprint density at radius 2 is 1.82 bits per heavy atom. The van der Waals surface area contributed by atoms with E-state index in [2.05, 4.69) is 0 Å². The van der Waals surface area contributed by atoms with E-state index < -0.39 is 11.8 Å². The molecule has 0 rings (SSSR count). The van der Waals surface area contributed by atoms with Crippen molar-refractivity contribution in [2.75, 3.05) is 0 Å². The zero-order chi connectivity index (χ0) is 8.91.